The highest BCUT2D eigenvalue weighted by Gasteiger charge is 2.35. The van der Waals surface area contributed by atoms with E-state index >= 15 is 0 Å². The Morgan fingerprint density at radius 3 is 2.63 bits per heavy atom. The molecule has 0 aliphatic heterocycles. The quantitative estimate of drug-likeness (QED) is 0.859. The average Bonchev–Trinajstić information content (AvgIpc) is 2.65. The van der Waals surface area contributed by atoms with Crippen molar-refractivity contribution in [2.24, 2.45) is 11.8 Å². The maximum atomic E-state index is 6.34. The fourth-order valence-corrected chi connectivity index (χ4v) is 3.11. The number of rotatable bonds is 6. The van der Waals surface area contributed by atoms with Crippen LogP contribution in [0.15, 0.2) is 6.20 Å². The highest BCUT2D eigenvalue weighted by molar-refractivity contribution is 6.31. The Hall–Kier alpha value is -0.540. The predicted octanol–water partition coefficient (Wildman–Crippen LogP) is 3.86. The van der Waals surface area contributed by atoms with Gasteiger partial charge in [0.05, 0.1) is 16.9 Å². The SMILES string of the molecule is CC(C)CNCC1CCC1c1c(Cl)cnn1C(C)C. The van der Waals surface area contributed by atoms with Gasteiger partial charge in [0.2, 0.25) is 0 Å². The first-order valence-electron chi connectivity index (χ1n) is 7.44. The molecule has 1 aromatic rings. The molecule has 0 spiro atoms. The van der Waals surface area contributed by atoms with Gasteiger partial charge in [0.1, 0.15) is 0 Å². The summed E-state index contributed by atoms with van der Waals surface area (Å²) in [6.45, 7) is 11.0. The highest BCUT2D eigenvalue weighted by atomic mass is 35.5. The molecule has 1 heterocycles. The van der Waals surface area contributed by atoms with E-state index in [2.05, 4.69) is 42.8 Å². The van der Waals surface area contributed by atoms with Crippen LogP contribution in [0.2, 0.25) is 5.02 Å². The minimum absolute atomic E-state index is 0.382. The van der Waals surface area contributed by atoms with E-state index in [1.165, 1.54) is 18.5 Å². The Kier molecular flexibility index (Phi) is 4.91. The summed E-state index contributed by atoms with van der Waals surface area (Å²) in [6.07, 6.45) is 4.34. The minimum Gasteiger partial charge on any atom is -0.316 e. The molecule has 2 atom stereocenters. The van der Waals surface area contributed by atoms with Crippen molar-refractivity contribution in [3.8, 4) is 0 Å². The lowest BCUT2D eigenvalue weighted by Crippen LogP contribution is -2.36. The third-order valence-electron chi connectivity index (χ3n) is 4.00. The molecule has 0 radical (unpaired) electrons. The Balaban J connectivity index is 2.00. The number of hydrogen-bond donors (Lipinski definition) is 1. The van der Waals surface area contributed by atoms with Gasteiger partial charge in [0, 0.05) is 12.0 Å². The van der Waals surface area contributed by atoms with E-state index in [1.54, 1.807) is 6.20 Å². The first-order chi connectivity index (χ1) is 9.00. The number of nitrogens with zero attached hydrogens (tertiary/aromatic N) is 2. The molecule has 4 heteroatoms. The summed E-state index contributed by atoms with van der Waals surface area (Å²) in [6, 6.07) is 0.382. The predicted molar refractivity (Wildman–Crippen MR) is 80.8 cm³/mol. The van der Waals surface area contributed by atoms with Gasteiger partial charge in [-0.25, -0.2) is 0 Å². The third-order valence-corrected chi connectivity index (χ3v) is 4.30. The summed E-state index contributed by atoms with van der Waals surface area (Å²) in [4.78, 5) is 0. The third kappa shape index (κ3) is 3.32. The van der Waals surface area contributed by atoms with Crippen LogP contribution < -0.4 is 5.32 Å². The van der Waals surface area contributed by atoms with Gasteiger partial charge in [-0.3, -0.25) is 4.68 Å². The monoisotopic (exact) mass is 283 g/mol. The molecule has 0 amide bonds. The number of halogens is 1. The molecule has 108 valence electrons. The van der Waals surface area contributed by atoms with Crippen LogP contribution in [0.25, 0.3) is 0 Å². The Morgan fingerprint density at radius 1 is 1.37 bits per heavy atom. The zero-order valence-corrected chi connectivity index (χ0v) is 13.2. The summed E-state index contributed by atoms with van der Waals surface area (Å²) >= 11 is 6.34. The fourth-order valence-electron chi connectivity index (χ4n) is 2.84. The zero-order valence-electron chi connectivity index (χ0n) is 12.5. The molecule has 0 aromatic carbocycles. The molecule has 1 aliphatic carbocycles. The van der Waals surface area contributed by atoms with Crippen LogP contribution in [-0.2, 0) is 0 Å². The van der Waals surface area contributed by atoms with Crippen molar-refractivity contribution < 1.29 is 0 Å². The van der Waals surface area contributed by atoms with E-state index in [-0.39, 0.29) is 0 Å². The lowest BCUT2D eigenvalue weighted by Gasteiger charge is -2.38. The first-order valence-corrected chi connectivity index (χ1v) is 7.82. The van der Waals surface area contributed by atoms with Crippen LogP contribution in [0.3, 0.4) is 0 Å². The molecule has 1 saturated carbocycles. The fraction of sp³-hybridized carbons (Fsp3) is 0.800. The van der Waals surface area contributed by atoms with E-state index in [4.69, 9.17) is 11.6 Å². The van der Waals surface area contributed by atoms with E-state index in [9.17, 15) is 0 Å². The molecule has 19 heavy (non-hydrogen) atoms. The smallest absolute Gasteiger partial charge is 0.0820 e. The van der Waals surface area contributed by atoms with Crippen LogP contribution >= 0.6 is 11.6 Å². The maximum Gasteiger partial charge on any atom is 0.0820 e. The largest absolute Gasteiger partial charge is 0.316 e. The standard InChI is InChI=1S/C15H26ClN3/c1-10(2)7-17-8-12-5-6-13(12)15-14(16)9-18-19(15)11(3)4/h9-13,17H,5-8H2,1-4H3. The van der Waals surface area contributed by atoms with Crippen LogP contribution in [0.1, 0.15) is 58.2 Å². The number of hydrogen-bond acceptors (Lipinski definition) is 2. The molecule has 0 saturated heterocycles. The summed E-state index contributed by atoms with van der Waals surface area (Å²) in [5.41, 5.74) is 1.25. The molecule has 1 N–H and O–H groups in total. The Labute approximate surface area is 121 Å². The average molecular weight is 284 g/mol. The van der Waals surface area contributed by atoms with E-state index in [0.717, 1.165) is 18.1 Å². The van der Waals surface area contributed by atoms with Crippen molar-refractivity contribution in [1.29, 1.82) is 0 Å². The second-order valence-corrected chi connectivity index (χ2v) is 6.82. The van der Waals surface area contributed by atoms with Crippen molar-refractivity contribution in [2.75, 3.05) is 13.1 Å². The zero-order chi connectivity index (χ0) is 14.0. The van der Waals surface area contributed by atoms with Crippen LogP contribution in [-0.4, -0.2) is 22.9 Å². The first kappa shape index (κ1) is 14.9. The maximum absolute atomic E-state index is 6.34. The summed E-state index contributed by atoms with van der Waals surface area (Å²) in [7, 11) is 0. The van der Waals surface area contributed by atoms with Crippen LogP contribution in [0.4, 0.5) is 0 Å². The number of aromatic nitrogens is 2. The van der Waals surface area contributed by atoms with Crippen molar-refractivity contribution in [3.05, 3.63) is 16.9 Å². The molecule has 2 unspecified atom stereocenters. The molecule has 1 aliphatic rings. The van der Waals surface area contributed by atoms with Crippen LogP contribution in [0, 0.1) is 11.8 Å². The minimum atomic E-state index is 0.382. The van der Waals surface area contributed by atoms with Gasteiger partial charge in [0.15, 0.2) is 0 Å². The van der Waals surface area contributed by atoms with Gasteiger partial charge in [-0.15, -0.1) is 0 Å². The summed E-state index contributed by atoms with van der Waals surface area (Å²) in [5.74, 6) is 2.01. The molecule has 1 fully saturated rings. The van der Waals surface area contributed by atoms with E-state index in [1.807, 2.05) is 0 Å². The lowest BCUT2D eigenvalue weighted by atomic mass is 9.71. The summed E-state index contributed by atoms with van der Waals surface area (Å²) < 4.78 is 2.10. The van der Waals surface area contributed by atoms with Crippen LogP contribution in [0.5, 0.6) is 0 Å². The van der Waals surface area contributed by atoms with Crippen molar-refractivity contribution in [1.82, 2.24) is 15.1 Å². The van der Waals surface area contributed by atoms with Crippen molar-refractivity contribution in [2.45, 2.75) is 52.5 Å². The molecule has 1 aromatic heterocycles. The Morgan fingerprint density at radius 2 is 2.11 bits per heavy atom. The molecule has 2 rings (SSSR count). The van der Waals surface area contributed by atoms with Gasteiger partial charge < -0.3 is 5.32 Å². The second-order valence-electron chi connectivity index (χ2n) is 6.41. The van der Waals surface area contributed by atoms with Gasteiger partial charge in [-0.2, -0.15) is 5.10 Å². The van der Waals surface area contributed by atoms with Gasteiger partial charge >= 0.3 is 0 Å². The molecular weight excluding hydrogens is 258 g/mol. The Bertz CT molecular complexity index is 412. The van der Waals surface area contributed by atoms with E-state index < -0.39 is 0 Å². The normalized spacial score (nSPS) is 23.1. The number of nitrogens with one attached hydrogen (secondary N) is 1. The lowest BCUT2D eigenvalue weighted by molar-refractivity contribution is 0.229. The highest BCUT2D eigenvalue weighted by Crippen LogP contribution is 2.45. The second kappa shape index (κ2) is 6.27. The van der Waals surface area contributed by atoms with Crippen molar-refractivity contribution >= 4 is 11.6 Å². The van der Waals surface area contributed by atoms with Gasteiger partial charge in [0.25, 0.3) is 0 Å². The van der Waals surface area contributed by atoms with Crippen molar-refractivity contribution in [3.63, 3.8) is 0 Å². The van der Waals surface area contributed by atoms with E-state index in [0.29, 0.717) is 23.8 Å². The van der Waals surface area contributed by atoms with Gasteiger partial charge in [-0.05, 0) is 51.6 Å². The molecule has 3 nitrogen and oxygen atoms in total. The molecule has 0 bridgehead atoms. The molecular formula is C15H26ClN3. The van der Waals surface area contributed by atoms with Gasteiger partial charge in [-0.1, -0.05) is 25.4 Å². The summed E-state index contributed by atoms with van der Waals surface area (Å²) in [5, 5.41) is 8.84. The topological polar surface area (TPSA) is 29.9 Å².